The van der Waals surface area contributed by atoms with Crippen LogP contribution in [-0.4, -0.2) is 31.2 Å². The Kier molecular flexibility index (Phi) is 5.35. The van der Waals surface area contributed by atoms with Crippen LogP contribution in [0.3, 0.4) is 0 Å². The van der Waals surface area contributed by atoms with E-state index in [-0.39, 0.29) is 12.9 Å². The molecular weight excluding hydrogens is 168 g/mol. The van der Waals surface area contributed by atoms with Gasteiger partial charge >= 0.3 is 0 Å². The van der Waals surface area contributed by atoms with Gasteiger partial charge in [0.1, 0.15) is 0 Å². The van der Waals surface area contributed by atoms with E-state index in [1.165, 1.54) is 6.42 Å². The van der Waals surface area contributed by atoms with Crippen LogP contribution >= 0.6 is 0 Å². The summed E-state index contributed by atoms with van der Waals surface area (Å²) < 4.78 is 11.0. The minimum absolute atomic E-state index is 0.00916. The number of rotatable bonds is 5. The topological polar surface area (TPSA) is 38.7 Å². The molecule has 0 spiro atoms. The lowest BCUT2D eigenvalue weighted by atomic mass is 10.1. The van der Waals surface area contributed by atoms with Crippen LogP contribution in [0.4, 0.5) is 0 Å². The van der Waals surface area contributed by atoms with Gasteiger partial charge in [-0.3, -0.25) is 0 Å². The van der Waals surface area contributed by atoms with E-state index in [4.69, 9.17) is 14.6 Å². The fourth-order valence-corrected chi connectivity index (χ4v) is 1.42. The predicted molar refractivity (Wildman–Crippen MR) is 50.4 cm³/mol. The van der Waals surface area contributed by atoms with Gasteiger partial charge in [-0.05, 0) is 31.6 Å². The fraction of sp³-hybridized carbons (Fsp3) is 1.00. The van der Waals surface area contributed by atoms with Gasteiger partial charge in [-0.1, -0.05) is 6.92 Å². The number of aliphatic hydroxyl groups is 1. The van der Waals surface area contributed by atoms with E-state index in [1.54, 1.807) is 0 Å². The zero-order valence-corrected chi connectivity index (χ0v) is 8.37. The van der Waals surface area contributed by atoms with Crippen LogP contribution in [-0.2, 0) is 9.47 Å². The average Bonchev–Trinajstić information content (AvgIpc) is 2.17. The Hall–Kier alpha value is -0.120. The summed E-state index contributed by atoms with van der Waals surface area (Å²) in [5.74, 6) is 0.426. The Bertz CT molecular complexity index is 121. The quantitative estimate of drug-likeness (QED) is 0.711. The first-order valence-electron chi connectivity index (χ1n) is 5.17. The van der Waals surface area contributed by atoms with Gasteiger partial charge in [0.25, 0.3) is 0 Å². The minimum atomic E-state index is 0.00916. The van der Waals surface area contributed by atoms with Crippen LogP contribution in [0.25, 0.3) is 0 Å². The molecule has 1 aliphatic heterocycles. The first kappa shape index (κ1) is 11.0. The summed E-state index contributed by atoms with van der Waals surface area (Å²) in [5.41, 5.74) is 0. The molecule has 1 saturated heterocycles. The molecule has 78 valence electrons. The van der Waals surface area contributed by atoms with Crippen molar-refractivity contribution in [3.8, 4) is 0 Å². The highest BCUT2D eigenvalue weighted by Gasteiger charge is 2.14. The molecule has 0 saturated carbocycles. The minimum Gasteiger partial charge on any atom is -0.396 e. The Balaban J connectivity index is 2.03. The van der Waals surface area contributed by atoms with Crippen LogP contribution in [0.5, 0.6) is 0 Å². The zero-order chi connectivity index (χ0) is 9.52. The van der Waals surface area contributed by atoms with E-state index in [2.05, 4.69) is 6.92 Å². The molecule has 1 fully saturated rings. The smallest absolute Gasteiger partial charge is 0.157 e. The second-order valence-corrected chi connectivity index (χ2v) is 3.75. The molecule has 13 heavy (non-hydrogen) atoms. The summed E-state index contributed by atoms with van der Waals surface area (Å²) in [6.07, 6.45) is 4.21. The molecule has 0 aliphatic carbocycles. The van der Waals surface area contributed by atoms with E-state index in [0.717, 1.165) is 25.9 Å². The van der Waals surface area contributed by atoms with E-state index < -0.39 is 0 Å². The molecule has 1 unspecified atom stereocenters. The van der Waals surface area contributed by atoms with Gasteiger partial charge in [0.15, 0.2) is 6.29 Å². The van der Waals surface area contributed by atoms with Crippen LogP contribution in [0.1, 0.15) is 32.6 Å². The maximum Gasteiger partial charge on any atom is 0.157 e. The van der Waals surface area contributed by atoms with Crippen molar-refractivity contribution in [2.45, 2.75) is 38.9 Å². The van der Waals surface area contributed by atoms with Gasteiger partial charge in [-0.15, -0.1) is 0 Å². The Morgan fingerprint density at radius 2 is 2.38 bits per heavy atom. The van der Waals surface area contributed by atoms with Gasteiger partial charge in [-0.2, -0.15) is 0 Å². The first-order chi connectivity index (χ1) is 6.33. The van der Waals surface area contributed by atoms with Crippen molar-refractivity contribution in [2.24, 2.45) is 5.92 Å². The molecule has 3 nitrogen and oxygen atoms in total. The maximum atomic E-state index is 8.69. The van der Waals surface area contributed by atoms with Crippen molar-refractivity contribution in [3.63, 3.8) is 0 Å². The number of ether oxygens (including phenoxy) is 2. The van der Waals surface area contributed by atoms with Crippen molar-refractivity contribution in [2.75, 3.05) is 19.8 Å². The fourth-order valence-electron chi connectivity index (χ4n) is 1.42. The summed E-state index contributed by atoms with van der Waals surface area (Å²) in [6.45, 7) is 3.86. The monoisotopic (exact) mass is 188 g/mol. The van der Waals surface area contributed by atoms with Gasteiger partial charge in [0, 0.05) is 13.2 Å². The Labute approximate surface area is 80.0 Å². The van der Waals surface area contributed by atoms with Crippen molar-refractivity contribution < 1.29 is 14.6 Å². The molecule has 0 aromatic rings. The third kappa shape index (κ3) is 4.60. The summed E-state index contributed by atoms with van der Waals surface area (Å²) in [7, 11) is 0. The zero-order valence-electron chi connectivity index (χ0n) is 8.37. The highest BCUT2D eigenvalue weighted by atomic mass is 16.7. The standard InChI is InChI=1S/C10H20O3/c1-9(5-6-11)8-13-10-4-2-3-7-12-10/h9-11H,2-8H2,1H3/t9-,10?/m1/s1. The van der Waals surface area contributed by atoms with Gasteiger partial charge in [-0.25, -0.2) is 0 Å². The molecule has 1 rings (SSSR count). The molecule has 2 atom stereocenters. The third-order valence-electron chi connectivity index (χ3n) is 2.33. The van der Waals surface area contributed by atoms with E-state index in [0.29, 0.717) is 12.5 Å². The molecular formula is C10H20O3. The molecule has 1 aliphatic rings. The molecule has 0 amide bonds. The van der Waals surface area contributed by atoms with Crippen molar-refractivity contribution >= 4 is 0 Å². The first-order valence-corrected chi connectivity index (χ1v) is 5.17. The van der Waals surface area contributed by atoms with Gasteiger partial charge in [0.2, 0.25) is 0 Å². The largest absolute Gasteiger partial charge is 0.396 e. The second-order valence-electron chi connectivity index (χ2n) is 3.75. The number of hydrogen-bond donors (Lipinski definition) is 1. The summed E-state index contributed by atoms with van der Waals surface area (Å²) in [5, 5.41) is 8.69. The predicted octanol–water partition coefficient (Wildman–Crippen LogP) is 1.55. The summed E-state index contributed by atoms with van der Waals surface area (Å²) >= 11 is 0. The summed E-state index contributed by atoms with van der Waals surface area (Å²) in [6, 6.07) is 0. The summed E-state index contributed by atoms with van der Waals surface area (Å²) in [4.78, 5) is 0. The van der Waals surface area contributed by atoms with E-state index in [1.807, 2.05) is 0 Å². The lowest BCUT2D eigenvalue weighted by molar-refractivity contribution is -0.168. The molecule has 0 aromatic heterocycles. The normalized spacial score (nSPS) is 25.8. The molecule has 0 aromatic carbocycles. The van der Waals surface area contributed by atoms with Crippen LogP contribution in [0, 0.1) is 5.92 Å². The highest BCUT2D eigenvalue weighted by Crippen LogP contribution is 2.15. The SMILES string of the molecule is C[C@H](CCO)COC1CCCCO1. The lowest BCUT2D eigenvalue weighted by Crippen LogP contribution is -2.24. The lowest BCUT2D eigenvalue weighted by Gasteiger charge is -2.24. The van der Waals surface area contributed by atoms with Crippen LogP contribution < -0.4 is 0 Å². The second kappa shape index (κ2) is 6.35. The molecule has 0 bridgehead atoms. The van der Waals surface area contributed by atoms with E-state index >= 15 is 0 Å². The van der Waals surface area contributed by atoms with Crippen LogP contribution in [0.15, 0.2) is 0 Å². The van der Waals surface area contributed by atoms with Crippen molar-refractivity contribution in [3.05, 3.63) is 0 Å². The maximum absolute atomic E-state index is 8.69. The average molecular weight is 188 g/mol. The van der Waals surface area contributed by atoms with E-state index in [9.17, 15) is 0 Å². The van der Waals surface area contributed by atoms with Crippen LogP contribution in [0.2, 0.25) is 0 Å². The number of aliphatic hydroxyl groups excluding tert-OH is 1. The molecule has 3 heteroatoms. The van der Waals surface area contributed by atoms with Gasteiger partial charge in [0.05, 0.1) is 6.61 Å². The third-order valence-corrected chi connectivity index (χ3v) is 2.33. The van der Waals surface area contributed by atoms with Crippen molar-refractivity contribution in [1.29, 1.82) is 0 Å². The highest BCUT2D eigenvalue weighted by molar-refractivity contribution is 4.56. The number of hydrogen-bond acceptors (Lipinski definition) is 3. The molecule has 0 radical (unpaired) electrons. The Morgan fingerprint density at radius 3 is 3.00 bits per heavy atom. The van der Waals surface area contributed by atoms with Gasteiger partial charge < -0.3 is 14.6 Å². The molecule has 1 heterocycles. The Morgan fingerprint density at radius 1 is 1.54 bits per heavy atom. The van der Waals surface area contributed by atoms with Crippen molar-refractivity contribution in [1.82, 2.24) is 0 Å². The molecule has 1 N–H and O–H groups in total.